The molecule has 0 bridgehead atoms. The lowest BCUT2D eigenvalue weighted by Gasteiger charge is -2.34. The predicted octanol–water partition coefficient (Wildman–Crippen LogP) is 4.56. The van der Waals surface area contributed by atoms with Crippen LogP contribution in [0.5, 0.6) is 0 Å². The Morgan fingerprint density at radius 3 is 2.30 bits per heavy atom. The third-order valence-electron chi connectivity index (χ3n) is 6.71. The number of fused-ring (bicyclic) bond motifs is 1. The van der Waals surface area contributed by atoms with Gasteiger partial charge in [0.25, 0.3) is 0 Å². The summed E-state index contributed by atoms with van der Waals surface area (Å²) in [5, 5.41) is 0.980. The maximum Gasteiger partial charge on any atom is 0.243 e. The van der Waals surface area contributed by atoms with Crippen LogP contribution in [-0.2, 0) is 21.2 Å². The van der Waals surface area contributed by atoms with Crippen LogP contribution in [0.1, 0.15) is 47.6 Å². The number of aryl methyl sites for hydroxylation is 3. The van der Waals surface area contributed by atoms with Gasteiger partial charge in [0.15, 0.2) is 0 Å². The Hall–Kier alpha value is -2.64. The molecule has 0 radical (unpaired) electrons. The highest BCUT2D eigenvalue weighted by Gasteiger charge is 2.30. The highest BCUT2D eigenvalue weighted by molar-refractivity contribution is 7.89. The summed E-state index contributed by atoms with van der Waals surface area (Å²) in [4.78, 5) is 15.1. The van der Waals surface area contributed by atoms with Crippen molar-refractivity contribution in [1.29, 1.82) is 0 Å². The Morgan fingerprint density at radius 2 is 1.67 bits per heavy atom. The van der Waals surface area contributed by atoms with E-state index in [0.717, 1.165) is 27.7 Å². The summed E-state index contributed by atoms with van der Waals surface area (Å²) in [6, 6.07) is 9.39. The lowest BCUT2D eigenvalue weighted by molar-refractivity contribution is -0.131. The van der Waals surface area contributed by atoms with Crippen LogP contribution >= 0.6 is 0 Å². The fourth-order valence-corrected chi connectivity index (χ4v) is 5.99. The molecule has 0 unspecified atom stereocenters. The molecule has 1 fully saturated rings. The summed E-state index contributed by atoms with van der Waals surface area (Å²) in [5.74, 6) is 0.382. The quantitative estimate of drug-likeness (QED) is 0.551. The molecule has 0 aliphatic carbocycles. The van der Waals surface area contributed by atoms with Gasteiger partial charge in [0.2, 0.25) is 15.9 Å². The van der Waals surface area contributed by atoms with Gasteiger partial charge in [-0.15, -0.1) is 0 Å². The van der Waals surface area contributed by atoms with Crippen LogP contribution < -0.4 is 0 Å². The predicted molar refractivity (Wildman–Crippen MR) is 130 cm³/mol. The van der Waals surface area contributed by atoms with Gasteiger partial charge in [0.05, 0.1) is 17.6 Å². The maximum atomic E-state index is 13.1. The number of hydrogen-bond donors (Lipinski definition) is 0. The minimum absolute atomic E-state index is 0.00685. The average Bonchev–Trinajstić information content (AvgIpc) is 3.16. The van der Waals surface area contributed by atoms with Crippen LogP contribution in [0, 0.1) is 20.8 Å². The van der Waals surface area contributed by atoms with Crippen LogP contribution in [0.3, 0.4) is 0 Å². The number of furan rings is 1. The van der Waals surface area contributed by atoms with Crippen molar-refractivity contribution in [1.82, 2.24) is 9.21 Å². The molecule has 0 atom stereocenters. The molecule has 1 aliphatic rings. The number of carbonyl (C=O) groups excluding carboxylic acids is 1. The molecule has 1 saturated heterocycles. The van der Waals surface area contributed by atoms with Crippen LogP contribution in [-0.4, -0.2) is 49.7 Å². The van der Waals surface area contributed by atoms with Crippen LogP contribution in [0.2, 0.25) is 0 Å². The lowest BCUT2D eigenvalue weighted by atomic mass is 9.95. The first-order valence-corrected chi connectivity index (χ1v) is 12.9. The largest absolute Gasteiger partial charge is 0.464 e. The van der Waals surface area contributed by atoms with Gasteiger partial charge < -0.3 is 9.32 Å². The summed E-state index contributed by atoms with van der Waals surface area (Å²) in [6.07, 6.45) is 1.92. The number of hydrogen-bond acceptors (Lipinski definition) is 4. The van der Waals surface area contributed by atoms with E-state index >= 15 is 0 Å². The third-order valence-corrected chi connectivity index (χ3v) is 8.61. The zero-order chi connectivity index (χ0) is 23.9. The SMILES string of the molecule is Cc1ccc(S(=O)(=O)N2CCN(C(=O)Cc3coc4cc(C)c(C(C)C)cc34)CC2)cc1C. The van der Waals surface area contributed by atoms with Crippen LogP contribution in [0.4, 0.5) is 0 Å². The second-order valence-electron chi connectivity index (χ2n) is 9.33. The van der Waals surface area contributed by atoms with E-state index in [9.17, 15) is 13.2 Å². The number of carbonyl (C=O) groups is 1. The molecule has 33 heavy (non-hydrogen) atoms. The first-order valence-electron chi connectivity index (χ1n) is 11.4. The first-order chi connectivity index (χ1) is 15.6. The van der Waals surface area contributed by atoms with Crippen molar-refractivity contribution in [2.24, 2.45) is 0 Å². The normalized spacial score (nSPS) is 15.5. The Morgan fingerprint density at radius 1 is 0.970 bits per heavy atom. The number of benzene rings is 2. The second-order valence-corrected chi connectivity index (χ2v) is 11.3. The van der Waals surface area contributed by atoms with Crippen molar-refractivity contribution in [3.8, 4) is 0 Å². The summed E-state index contributed by atoms with van der Waals surface area (Å²) in [6.45, 7) is 11.6. The molecule has 7 heteroatoms. The molecule has 0 spiro atoms. The van der Waals surface area contributed by atoms with Gasteiger partial charge in [-0.2, -0.15) is 4.31 Å². The number of rotatable bonds is 5. The van der Waals surface area contributed by atoms with E-state index in [1.807, 2.05) is 26.0 Å². The molecule has 176 valence electrons. The number of nitrogens with zero attached hydrogens (tertiary/aromatic N) is 2. The summed E-state index contributed by atoms with van der Waals surface area (Å²) >= 11 is 0. The van der Waals surface area contributed by atoms with Crippen LogP contribution in [0.25, 0.3) is 11.0 Å². The average molecular weight is 469 g/mol. The summed E-state index contributed by atoms with van der Waals surface area (Å²) in [5.41, 5.74) is 6.12. The molecule has 2 aromatic carbocycles. The molecular weight excluding hydrogens is 436 g/mol. The molecule has 1 aliphatic heterocycles. The van der Waals surface area contributed by atoms with Gasteiger partial charge in [-0.25, -0.2) is 8.42 Å². The summed E-state index contributed by atoms with van der Waals surface area (Å²) < 4.78 is 33.3. The van der Waals surface area contributed by atoms with Crippen molar-refractivity contribution in [2.45, 2.75) is 51.9 Å². The zero-order valence-corrected chi connectivity index (χ0v) is 20.8. The van der Waals surface area contributed by atoms with E-state index in [-0.39, 0.29) is 12.3 Å². The Labute approximate surface area is 196 Å². The van der Waals surface area contributed by atoms with E-state index in [2.05, 4.69) is 26.8 Å². The minimum Gasteiger partial charge on any atom is -0.464 e. The van der Waals surface area contributed by atoms with Crippen molar-refractivity contribution in [2.75, 3.05) is 26.2 Å². The molecular formula is C26H32N2O4S. The van der Waals surface area contributed by atoms with Crippen molar-refractivity contribution < 1.29 is 17.6 Å². The van der Waals surface area contributed by atoms with Crippen LogP contribution in [0.15, 0.2) is 45.9 Å². The van der Waals surface area contributed by atoms with Crippen molar-refractivity contribution in [3.63, 3.8) is 0 Å². The van der Waals surface area contributed by atoms with E-state index < -0.39 is 10.0 Å². The zero-order valence-electron chi connectivity index (χ0n) is 20.0. The third kappa shape index (κ3) is 4.57. The van der Waals surface area contributed by atoms with Gasteiger partial charge in [-0.05, 0) is 73.2 Å². The molecule has 1 amide bonds. The number of sulfonamides is 1. The van der Waals surface area contributed by atoms with Gasteiger partial charge in [-0.3, -0.25) is 4.79 Å². The fourth-order valence-electron chi connectivity index (χ4n) is 4.48. The fraction of sp³-hybridized carbons (Fsp3) is 0.423. The monoisotopic (exact) mass is 468 g/mol. The Kier molecular flexibility index (Phi) is 6.38. The molecule has 3 aromatic rings. The molecule has 6 nitrogen and oxygen atoms in total. The highest BCUT2D eigenvalue weighted by Crippen LogP contribution is 2.29. The van der Waals surface area contributed by atoms with E-state index in [1.54, 1.807) is 23.3 Å². The highest BCUT2D eigenvalue weighted by atomic mass is 32.2. The van der Waals surface area contributed by atoms with Crippen molar-refractivity contribution in [3.05, 3.63) is 64.4 Å². The van der Waals surface area contributed by atoms with E-state index in [0.29, 0.717) is 37.0 Å². The maximum absolute atomic E-state index is 13.1. The van der Waals surface area contributed by atoms with Gasteiger partial charge >= 0.3 is 0 Å². The molecule has 4 rings (SSSR count). The van der Waals surface area contributed by atoms with Gasteiger partial charge in [0.1, 0.15) is 5.58 Å². The first kappa shape index (κ1) is 23.5. The smallest absolute Gasteiger partial charge is 0.243 e. The molecule has 2 heterocycles. The topological polar surface area (TPSA) is 70.8 Å². The molecule has 0 saturated carbocycles. The van der Waals surface area contributed by atoms with Gasteiger partial charge in [0, 0.05) is 37.1 Å². The minimum atomic E-state index is -3.57. The van der Waals surface area contributed by atoms with E-state index in [1.165, 1.54) is 15.4 Å². The molecule has 1 aromatic heterocycles. The summed E-state index contributed by atoms with van der Waals surface area (Å²) in [7, 11) is -3.57. The second kappa shape index (κ2) is 8.95. The van der Waals surface area contributed by atoms with Crippen molar-refractivity contribution >= 4 is 26.9 Å². The van der Waals surface area contributed by atoms with E-state index in [4.69, 9.17) is 4.42 Å². The molecule has 0 N–H and O–H groups in total. The Balaban J connectivity index is 1.45. The standard InChI is InChI=1S/C26H32N2O4S/c1-17(2)23-15-24-21(16-32-25(24)13-20(23)5)14-26(29)27-8-10-28(11-9-27)33(30,31)22-7-6-18(3)19(4)12-22/h6-7,12-13,15-17H,8-11,14H2,1-5H3. The lowest BCUT2D eigenvalue weighted by Crippen LogP contribution is -2.50. The number of piperazine rings is 1. The Bertz CT molecular complexity index is 1300. The number of amides is 1. The van der Waals surface area contributed by atoms with Gasteiger partial charge in [-0.1, -0.05) is 19.9 Å².